The van der Waals surface area contributed by atoms with E-state index in [1.54, 1.807) is 0 Å². The molecule has 7 aromatic rings. The molecular formula is C32H25BN2O2. The smallest absolute Gasteiger partial charge is 0.398 e. The third-order valence-electron chi connectivity index (χ3n) is 8.64. The lowest BCUT2D eigenvalue weighted by Crippen LogP contribution is -2.41. The zero-order chi connectivity index (χ0) is 25.1. The third-order valence-corrected chi connectivity index (χ3v) is 8.64. The van der Waals surface area contributed by atoms with Crippen LogP contribution in [0, 0.1) is 0 Å². The molecule has 0 spiro atoms. The highest BCUT2D eigenvalue weighted by Crippen LogP contribution is 2.44. The Balaban J connectivity index is 1.49. The van der Waals surface area contributed by atoms with Crippen LogP contribution in [0.1, 0.15) is 27.7 Å². The Morgan fingerprint density at radius 1 is 0.595 bits per heavy atom. The van der Waals surface area contributed by atoms with Gasteiger partial charge in [-0.3, -0.25) is 9.97 Å². The van der Waals surface area contributed by atoms with E-state index in [2.05, 4.69) is 88.4 Å². The molecule has 0 unspecified atom stereocenters. The number of nitrogens with zero attached hydrogens (tertiary/aromatic N) is 2. The number of fused-ring (bicyclic) bond motifs is 6. The van der Waals surface area contributed by atoms with Crippen LogP contribution in [-0.4, -0.2) is 28.3 Å². The molecule has 0 radical (unpaired) electrons. The third kappa shape index (κ3) is 2.76. The van der Waals surface area contributed by atoms with Gasteiger partial charge in [0.25, 0.3) is 0 Å². The topological polar surface area (TPSA) is 44.2 Å². The molecule has 0 amide bonds. The maximum absolute atomic E-state index is 6.33. The Labute approximate surface area is 214 Å². The van der Waals surface area contributed by atoms with E-state index in [1.165, 1.54) is 37.7 Å². The summed E-state index contributed by atoms with van der Waals surface area (Å²) in [6.07, 6.45) is 1.88. The van der Waals surface area contributed by atoms with E-state index in [4.69, 9.17) is 19.3 Å². The van der Waals surface area contributed by atoms with Crippen LogP contribution >= 0.6 is 0 Å². The standard InChI is InChI=1S/C32H25BN2O2/c1-31(2)32(3,4)37-33(36-31)26-14-13-19-17-25-24-16-18-8-7-15-34-29(18)22-11-5-9-20(27(22)24)21-10-6-12-23(28(21)25)30(19)35-26/h5-17H,1-4H3. The summed E-state index contributed by atoms with van der Waals surface area (Å²) in [5.41, 5.74) is 2.02. The number of pyridine rings is 2. The molecule has 1 aliphatic heterocycles. The first-order chi connectivity index (χ1) is 17.8. The summed E-state index contributed by atoms with van der Waals surface area (Å²) in [5, 5.41) is 12.1. The van der Waals surface area contributed by atoms with Gasteiger partial charge in [0.15, 0.2) is 0 Å². The van der Waals surface area contributed by atoms with Crippen molar-refractivity contribution in [3.05, 3.63) is 79.0 Å². The number of hydrogen-bond acceptors (Lipinski definition) is 4. The Morgan fingerprint density at radius 3 is 1.81 bits per heavy atom. The maximum Gasteiger partial charge on any atom is 0.514 e. The summed E-state index contributed by atoms with van der Waals surface area (Å²) in [4.78, 5) is 9.89. The van der Waals surface area contributed by atoms with Crippen molar-refractivity contribution < 1.29 is 9.31 Å². The lowest BCUT2D eigenvalue weighted by atomic mass is 9.83. The van der Waals surface area contributed by atoms with Crippen molar-refractivity contribution in [2.24, 2.45) is 0 Å². The number of hydrogen-bond donors (Lipinski definition) is 0. The second-order valence-corrected chi connectivity index (χ2v) is 11.3. The largest absolute Gasteiger partial charge is 0.514 e. The molecule has 178 valence electrons. The Morgan fingerprint density at radius 2 is 1.16 bits per heavy atom. The first-order valence-corrected chi connectivity index (χ1v) is 12.9. The van der Waals surface area contributed by atoms with Crippen molar-refractivity contribution in [3.63, 3.8) is 0 Å². The highest BCUT2D eigenvalue weighted by Gasteiger charge is 2.52. The van der Waals surface area contributed by atoms with E-state index in [0.29, 0.717) is 0 Å². The normalized spacial score (nSPS) is 17.4. The van der Waals surface area contributed by atoms with Crippen LogP contribution in [-0.2, 0) is 9.31 Å². The first-order valence-electron chi connectivity index (χ1n) is 12.9. The van der Waals surface area contributed by atoms with Crippen LogP contribution in [0.5, 0.6) is 0 Å². The van der Waals surface area contributed by atoms with Crippen LogP contribution in [0.15, 0.2) is 79.0 Å². The molecule has 0 atom stereocenters. The van der Waals surface area contributed by atoms with Gasteiger partial charge >= 0.3 is 7.12 Å². The van der Waals surface area contributed by atoms with E-state index in [9.17, 15) is 0 Å². The molecular weight excluding hydrogens is 455 g/mol. The van der Waals surface area contributed by atoms with Crippen molar-refractivity contribution in [1.29, 1.82) is 0 Å². The highest BCUT2D eigenvalue weighted by atomic mass is 16.7. The molecule has 0 saturated carbocycles. The fraction of sp³-hybridized carbons (Fsp3) is 0.188. The van der Waals surface area contributed by atoms with E-state index >= 15 is 0 Å². The molecule has 5 heteroatoms. The van der Waals surface area contributed by atoms with Gasteiger partial charge in [0, 0.05) is 27.7 Å². The van der Waals surface area contributed by atoms with Crippen molar-refractivity contribution in [2.45, 2.75) is 38.9 Å². The van der Waals surface area contributed by atoms with Crippen molar-refractivity contribution >= 4 is 77.6 Å². The Hall–Kier alpha value is -3.80. The van der Waals surface area contributed by atoms with E-state index in [1.807, 2.05) is 18.3 Å². The van der Waals surface area contributed by atoms with Crippen molar-refractivity contribution in [2.75, 3.05) is 0 Å². The van der Waals surface area contributed by atoms with Crippen LogP contribution in [0.4, 0.5) is 0 Å². The first kappa shape index (κ1) is 21.3. The minimum Gasteiger partial charge on any atom is -0.398 e. The van der Waals surface area contributed by atoms with Crippen LogP contribution in [0.25, 0.3) is 64.9 Å². The predicted octanol–water partition coefficient (Wildman–Crippen LogP) is 7.13. The molecule has 0 bridgehead atoms. The minimum absolute atomic E-state index is 0.408. The van der Waals surface area contributed by atoms with Gasteiger partial charge in [-0.15, -0.1) is 0 Å². The molecule has 3 heterocycles. The zero-order valence-corrected chi connectivity index (χ0v) is 21.3. The van der Waals surface area contributed by atoms with E-state index in [-0.39, 0.29) is 0 Å². The van der Waals surface area contributed by atoms with E-state index < -0.39 is 18.3 Å². The van der Waals surface area contributed by atoms with Gasteiger partial charge in [-0.05, 0) is 84.3 Å². The number of aromatic nitrogens is 2. The lowest BCUT2D eigenvalue weighted by Gasteiger charge is -2.32. The van der Waals surface area contributed by atoms with Gasteiger partial charge in [0.05, 0.1) is 27.8 Å². The SMILES string of the molecule is CC1(C)OB(c2ccc3cc4c5cc6cccnc6c6cccc(c7cccc(c3n2)c74)c56)OC1(C)C. The number of benzene rings is 5. The second-order valence-electron chi connectivity index (χ2n) is 11.3. The molecule has 0 aliphatic carbocycles. The monoisotopic (exact) mass is 480 g/mol. The summed E-state index contributed by atoms with van der Waals surface area (Å²) in [5.74, 6) is 0. The molecule has 1 fully saturated rings. The van der Waals surface area contributed by atoms with Crippen molar-refractivity contribution in [1.82, 2.24) is 9.97 Å². The summed E-state index contributed by atoms with van der Waals surface area (Å²) >= 11 is 0. The van der Waals surface area contributed by atoms with Crippen molar-refractivity contribution in [3.8, 4) is 0 Å². The predicted molar refractivity (Wildman–Crippen MR) is 154 cm³/mol. The average Bonchev–Trinajstić information content (AvgIpc) is 3.12. The molecule has 1 saturated heterocycles. The minimum atomic E-state index is -0.492. The van der Waals surface area contributed by atoms with Crippen LogP contribution in [0.3, 0.4) is 0 Å². The molecule has 1 aliphatic rings. The Kier molecular flexibility index (Phi) is 4.00. The molecule has 5 aromatic carbocycles. The fourth-order valence-corrected chi connectivity index (χ4v) is 6.08. The van der Waals surface area contributed by atoms with Gasteiger partial charge in [-0.1, -0.05) is 48.5 Å². The molecule has 37 heavy (non-hydrogen) atoms. The summed E-state index contributed by atoms with van der Waals surface area (Å²) < 4.78 is 12.7. The van der Waals surface area contributed by atoms with Gasteiger partial charge in [0.2, 0.25) is 0 Å². The van der Waals surface area contributed by atoms with Gasteiger partial charge in [-0.25, -0.2) is 0 Å². The quantitative estimate of drug-likeness (QED) is 0.142. The molecule has 8 rings (SSSR count). The summed E-state index contributed by atoms with van der Waals surface area (Å²) in [7, 11) is -0.492. The van der Waals surface area contributed by atoms with Gasteiger partial charge in [0.1, 0.15) is 0 Å². The van der Waals surface area contributed by atoms with E-state index in [0.717, 1.165) is 32.8 Å². The van der Waals surface area contributed by atoms with Gasteiger partial charge < -0.3 is 9.31 Å². The molecule has 2 aromatic heterocycles. The van der Waals surface area contributed by atoms with Crippen LogP contribution < -0.4 is 5.59 Å². The molecule has 0 N–H and O–H groups in total. The summed E-state index contributed by atoms with van der Waals surface area (Å²) in [6, 6.07) is 26.1. The Bertz CT molecular complexity index is 2050. The maximum atomic E-state index is 6.33. The van der Waals surface area contributed by atoms with Crippen LogP contribution in [0.2, 0.25) is 0 Å². The second kappa shape index (κ2) is 6.94. The van der Waals surface area contributed by atoms with Gasteiger partial charge in [-0.2, -0.15) is 0 Å². The fourth-order valence-electron chi connectivity index (χ4n) is 6.08. The average molecular weight is 480 g/mol. The summed E-state index contributed by atoms with van der Waals surface area (Å²) in [6.45, 7) is 8.30. The lowest BCUT2D eigenvalue weighted by molar-refractivity contribution is 0.00578. The molecule has 4 nitrogen and oxygen atoms in total. The number of rotatable bonds is 1. The highest BCUT2D eigenvalue weighted by molar-refractivity contribution is 6.61. The zero-order valence-electron chi connectivity index (χ0n) is 21.3.